The number of carbonyl (C=O) groups is 1. The maximum atomic E-state index is 12.9. The molecular weight excluding hydrogens is 252 g/mol. The first-order valence-electron chi connectivity index (χ1n) is 5.11. The molecule has 0 heterocycles. The van der Waals surface area contributed by atoms with E-state index in [1.807, 2.05) is 0 Å². The fourth-order valence-corrected chi connectivity index (χ4v) is 1.20. The van der Waals surface area contributed by atoms with Crippen molar-refractivity contribution in [2.75, 3.05) is 18.4 Å². The quantitative estimate of drug-likeness (QED) is 0.819. The summed E-state index contributed by atoms with van der Waals surface area (Å²) in [5.74, 6) is -1.17. The zero-order valence-corrected chi connectivity index (χ0v) is 9.57. The number of hydrogen-bond acceptors (Lipinski definition) is 2. The minimum absolute atomic E-state index is 0.304. The molecule has 18 heavy (non-hydrogen) atoms. The number of benzene rings is 1. The Morgan fingerprint density at radius 2 is 2.00 bits per heavy atom. The summed E-state index contributed by atoms with van der Waals surface area (Å²) in [4.78, 5) is 11.1. The molecule has 1 amide bonds. The van der Waals surface area contributed by atoms with Gasteiger partial charge in [-0.15, -0.1) is 0 Å². The lowest BCUT2D eigenvalue weighted by Gasteiger charge is -2.10. The third-order valence-corrected chi connectivity index (χ3v) is 2.10. The number of aryl methyl sites for hydroxylation is 1. The van der Waals surface area contributed by atoms with Crippen molar-refractivity contribution in [3.05, 3.63) is 29.6 Å². The van der Waals surface area contributed by atoms with Gasteiger partial charge >= 0.3 is 6.18 Å². The van der Waals surface area contributed by atoms with Crippen molar-refractivity contribution in [3.63, 3.8) is 0 Å². The first-order valence-corrected chi connectivity index (χ1v) is 5.11. The molecule has 0 radical (unpaired) electrons. The van der Waals surface area contributed by atoms with Crippen molar-refractivity contribution in [1.82, 2.24) is 5.32 Å². The van der Waals surface area contributed by atoms with Gasteiger partial charge in [-0.2, -0.15) is 13.2 Å². The van der Waals surface area contributed by atoms with Gasteiger partial charge in [-0.25, -0.2) is 4.39 Å². The fraction of sp³-hybridized carbons (Fsp3) is 0.364. The van der Waals surface area contributed by atoms with Crippen LogP contribution in [0.1, 0.15) is 5.56 Å². The van der Waals surface area contributed by atoms with Crippen molar-refractivity contribution >= 4 is 11.6 Å². The van der Waals surface area contributed by atoms with Crippen LogP contribution < -0.4 is 10.6 Å². The number of alkyl halides is 3. The monoisotopic (exact) mass is 264 g/mol. The van der Waals surface area contributed by atoms with Gasteiger partial charge in [-0.05, 0) is 30.7 Å². The van der Waals surface area contributed by atoms with Crippen molar-refractivity contribution < 1.29 is 22.4 Å². The van der Waals surface area contributed by atoms with E-state index < -0.39 is 18.6 Å². The van der Waals surface area contributed by atoms with Crippen LogP contribution in [0.5, 0.6) is 0 Å². The van der Waals surface area contributed by atoms with E-state index in [0.717, 1.165) is 0 Å². The van der Waals surface area contributed by atoms with Crippen LogP contribution in [0, 0.1) is 12.7 Å². The lowest BCUT2D eigenvalue weighted by atomic mass is 10.2. The van der Waals surface area contributed by atoms with Gasteiger partial charge in [0.05, 0.1) is 6.54 Å². The Labute approximate surface area is 101 Å². The summed E-state index contributed by atoms with van der Waals surface area (Å²) in [6.45, 7) is -0.124. The summed E-state index contributed by atoms with van der Waals surface area (Å²) >= 11 is 0. The zero-order chi connectivity index (χ0) is 13.8. The average molecular weight is 264 g/mol. The second-order valence-electron chi connectivity index (χ2n) is 3.71. The van der Waals surface area contributed by atoms with Gasteiger partial charge < -0.3 is 10.6 Å². The van der Waals surface area contributed by atoms with Gasteiger partial charge in [0.15, 0.2) is 0 Å². The number of rotatable bonds is 4. The Kier molecular flexibility index (Phi) is 4.52. The van der Waals surface area contributed by atoms with Gasteiger partial charge in [0, 0.05) is 5.69 Å². The van der Waals surface area contributed by atoms with Crippen LogP contribution in [-0.4, -0.2) is 25.2 Å². The summed E-state index contributed by atoms with van der Waals surface area (Å²) < 4.78 is 48.3. The fourth-order valence-electron chi connectivity index (χ4n) is 1.20. The summed E-state index contributed by atoms with van der Waals surface area (Å²) in [5, 5.41) is 4.32. The van der Waals surface area contributed by atoms with Gasteiger partial charge in [-0.3, -0.25) is 4.79 Å². The van der Waals surface area contributed by atoms with Crippen molar-refractivity contribution in [3.8, 4) is 0 Å². The number of halogens is 4. The highest BCUT2D eigenvalue weighted by molar-refractivity contribution is 5.80. The van der Waals surface area contributed by atoms with Crippen LogP contribution in [-0.2, 0) is 4.79 Å². The molecule has 0 spiro atoms. The van der Waals surface area contributed by atoms with E-state index in [2.05, 4.69) is 5.32 Å². The van der Waals surface area contributed by atoms with Crippen molar-refractivity contribution in [2.24, 2.45) is 0 Å². The van der Waals surface area contributed by atoms with Crippen LogP contribution in [0.2, 0.25) is 0 Å². The highest BCUT2D eigenvalue weighted by Gasteiger charge is 2.27. The van der Waals surface area contributed by atoms with E-state index in [0.29, 0.717) is 11.3 Å². The van der Waals surface area contributed by atoms with E-state index in [1.165, 1.54) is 18.2 Å². The van der Waals surface area contributed by atoms with E-state index >= 15 is 0 Å². The molecule has 2 N–H and O–H groups in total. The minimum atomic E-state index is -4.43. The Morgan fingerprint density at radius 3 is 2.56 bits per heavy atom. The molecule has 0 aliphatic rings. The maximum absolute atomic E-state index is 12.9. The molecule has 0 unspecified atom stereocenters. The van der Waals surface area contributed by atoms with Crippen molar-refractivity contribution in [1.29, 1.82) is 0 Å². The molecule has 1 aromatic rings. The molecule has 0 atom stereocenters. The van der Waals surface area contributed by atoms with Crippen LogP contribution in [0.15, 0.2) is 18.2 Å². The molecule has 1 rings (SSSR count). The van der Waals surface area contributed by atoms with Gasteiger partial charge in [0.2, 0.25) is 5.91 Å². The number of nitrogens with one attached hydrogen (secondary N) is 2. The van der Waals surface area contributed by atoms with Gasteiger partial charge in [0.25, 0.3) is 0 Å². The van der Waals surface area contributed by atoms with Crippen LogP contribution in [0.25, 0.3) is 0 Å². The summed E-state index contributed by atoms with van der Waals surface area (Å²) in [6.07, 6.45) is -4.43. The third-order valence-electron chi connectivity index (χ3n) is 2.10. The third kappa shape index (κ3) is 5.03. The number of anilines is 1. The molecule has 0 aliphatic heterocycles. The smallest absolute Gasteiger partial charge is 0.376 e. The summed E-state index contributed by atoms with van der Waals surface area (Å²) in [6, 6.07) is 4.08. The zero-order valence-electron chi connectivity index (χ0n) is 9.57. The lowest BCUT2D eigenvalue weighted by molar-refractivity contribution is -0.137. The molecule has 1 aromatic carbocycles. The molecule has 100 valence electrons. The van der Waals surface area contributed by atoms with E-state index in [4.69, 9.17) is 0 Å². The van der Waals surface area contributed by atoms with Gasteiger partial charge in [-0.1, -0.05) is 0 Å². The summed E-state index contributed by atoms with van der Waals surface area (Å²) in [5.41, 5.74) is 0.853. The number of carbonyl (C=O) groups excluding carboxylic acids is 1. The number of hydrogen-bond donors (Lipinski definition) is 2. The first-order chi connectivity index (χ1) is 8.28. The van der Waals surface area contributed by atoms with E-state index in [1.54, 1.807) is 12.2 Å². The average Bonchev–Trinajstić information content (AvgIpc) is 2.27. The Hall–Kier alpha value is -1.79. The standard InChI is InChI=1S/C11H12F4N2O/c1-7-4-8(2-3-9(7)12)16-5-10(18)17-6-11(13,14)15/h2-4,16H,5-6H2,1H3,(H,17,18). The molecule has 0 aromatic heterocycles. The number of amides is 1. The predicted octanol–water partition coefficient (Wildman–Crippen LogP) is 2.22. The predicted molar refractivity (Wildman–Crippen MR) is 58.7 cm³/mol. The highest BCUT2D eigenvalue weighted by Crippen LogP contribution is 2.13. The summed E-state index contributed by atoms with van der Waals surface area (Å²) in [7, 11) is 0. The molecule has 7 heteroatoms. The van der Waals surface area contributed by atoms with E-state index in [9.17, 15) is 22.4 Å². The Balaban J connectivity index is 2.40. The SMILES string of the molecule is Cc1cc(NCC(=O)NCC(F)(F)F)ccc1F. The molecule has 3 nitrogen and oxygen atoms in total. The van der Waals surface area contributed by atoms with Crippen molar-refractivity contribution in [2.45, 2.75) is 13.1 Å². The molecule has 0 aliphatic carbocycles. The molecule has 0 saturated heterocycles. The van der Waals surface area contributed by atoms with E-state index in [-0.39, 0.29) is 12.4 Å². The second kappa shape index (κ2) is 5.70. The maximum Gasteiger partial charge on any atom is 0.405 e. The van der Waals surface area contributed by atoms with Crippen LogP contribution in [0.4, 0.5) is 23.2 Å². The van der Waals surface area contributed by atoms with Gasteiger partial charge in [0.1, 0.15) is 12.4 Å². The Bertz CT molecular complexity index is 432. The van der Waals surface area contributed by atoms with Crippen LogP contribution in [0.3, 0.4) is 0 Å². The highest BCUT2D eigenvalue weighted by atomic mass is 19.4. The lowest BCUT2D eigenvalue weighted by Crippen LogP contribution is -2.37. The molecular formula is C11H12F4N2O. The first kappa shape index (κ1) is 14.3. The largest absolute Gasteiger partial charge is 0.405 e. The topological polar surface area (TPSA) is 41.1 Å². The minimum Gasteiger partial charge on any atom is -0.376 e. The van der Waals surface area contributed by atoms with Crippen LogP contribution >= 0.6 is 0 Å². The molecule has 0 fully saturated rings. The Morgan fingerprint density at radius 1 is 1.33 bits per heavy atom. The normalized spacial score (nSPS) is 11.2. The second-order valence-corrected chi connectivity index (χ2v) is 3.71. The molecule has 0 saturated carbocycles. The molecule has 0 bridgehead atoms.